The van der Waals surface area contributed by atoms with Crippen LogP contribution in [-0.2, 0) is 24.4 Å². The van der Waals surface area contributed by atoms with Crippen LogP contribution in [0.5, 0.6) is 11.6 Å². The Bertz CT molecular complexity index is 1850. The maximum Gasteiger partial charge on any atom is 0.405 e. The number of nitrogens with zero attached hydrogens (tertiary/aromatic N) is 2. The van der Waals surface area contributed by atoms with Gasteiger partial charge in [-0.1, -0.05) is 32.4 Å². The molecule has 6 rings (SSSR count). The number of pyridine rings is 1. The van der Waals surface area contributed by atoms with Gasteiger partial charge in [0.05, 0.1) is 30.5 Å². The molecule has 2 aliphatic carbocycles. The summed E-state index contributed by atoms with van der Waals surface area (Å²) in [6.07, 6.45) is 6.26. The summed E-state index contributed by atoms with van der Waals surface area (Å²) in [4.78, 5) is 60.0. The van der Waals surface area contributed by atoms with Gasteiger partial charge >= 0.3 is 6.09 Å². The Morgan fingerprint density at radius 3 is 2.63 bits per heavy atom. The van der Waals surface area contributed by atoms with Gasteiger partial charge in [0.25, 0.3) is 5.91 Å². The zero-order valence-electron chi connectivity index (χ0n) is 28.8. The van der Waals surface area contributed by atoms with E-state index in [1.54, 1.807) is 0 Å². The van der Waals surface area contributed by atoms with E-state index < -0.39 is 80.5 Å². The number of ether oxygens (including phenoxy) is 2. The summed E-state index contributed by atoms with van der Waals surface area (Å²) in [7, 11) is -2.48. The fraction of sp³-hybridized carbons (Fsp3) is 0.571. The number of carbonyl (C=O) groups is 4. The summed E-state index contributed by atoms with van der Waals surface area (Å²) < 4.78 is 53.8. The lowest BCUT2D eigenvalue weighted by Gasteiger charge is -2.33. The molecule has 4 N–H and O–H groups in total. The lowest BCUT2D eigenvalue weighted by Crippen LogP contribution is -2.59. The standard InChI is InChI=1S/C35H44FN5O9S/c1-4-20-13-19(2)7-5-6-8-21-16-35(21,33(44)40-51(47,48)24-10-11-24)39-30(42)27-15-23(18-41(27)32(43)29(20)38-34(45)46)50-31-26-14-22(36)9-12-25(26)28(49-3)17-37-31/h6,8-9,12,14,17,19-21,23-24,27,29,38H,4-5,7,10-11,13,15-16,18H2,1-3H3,(H,39,42)(H,40,44)(H,45,46)/b8-6-/t19-,20+,21+,23+,27-,29-,35+/m0/s1. The van der Waals surface area contributed by atoms with Crippen molar-refractivity contribution in [3.63, 3.8) is 0 Å². The summed E-state index contributed by atoms with van der Waals surface area (Å²) in [5, 5.41) is 15.2. The number of sulfonamides is 1. The molecule has 0 unspecified atom stereocenters. The molecule has 3 fully saturated rings. The number of rotatable bonds is 8. The quantitative estimate of drug-likeness (QED) is 0.293. The summed E-state index contributed by atoms with van der Waals surface area (Å²) >= 11 is 0. The third-order valence-electron chi connectivity index (χ3n) is 10.5. The van der Waals surface area contributed by atoms with Gasteiger partial charge in [0.2, 0.25) is 27.7 Å². The van der Waals surface area contributed by atoms with Gasteiger partial charge in [0, 0.05) is 17.7 Å². The van der Waals surface area contributed by atoms with E-state index in [1.165, 1.54) is 36.4 Å². The third-order valence-corrected chi connectivity index (χ3v) is 12.3. The van der Waals surface area contributed by atoms with Crippen LogP contribution in [0.1, 0.15) is 65.2 Å². The van der Waals surface area contributed by atoms with Crippen molar-refractivity contribution in [1.29, 1.82) is 0 Å². The van der Waals surface area contributed by atoms with Crippen LogP contribution in [0, 0.1) is 23.6 Å². The minimum Gasteiger partial charge on any atom is -0.494 e. The van der Waals surface area contributed by atoms with E-state index >= 15 is 0 Å². The van der Waals surface area contributed by atoms with Crippen LogP contribution in [0.25, 0.3) is 10.8 Å². The van der Waals surface area contributed by atoms with Gasteiger partial charge in [-0.3, -0.25) is 19.1 Å². The second kappa shape index (κ2) is 14.3. The van der Waals surface area contributed by atoms with E-state index in [2.05, 4.69) is 20.3 Å². The highest BCUT2D eigenvalue weighted by molar-refractivity contribution is 7.91. The number of carbonyl (C=O) groups excluding carboxylic acids is 3. The lowest BCUT2D eigenvalue weighted by molar-refractivity contribution is -0.142. The smallest absolute Gasteiger partial charge is 0.405 e. The summed E-state index contributed by atoms with van der Waals surface area (Å²) in [5.41, 5.74) is -1.56. The van der Waals surface area contributed by atoms with Crippen LogP contribution < -0.4 is 24.8 Å². The molecule has 4 aliphatic rings. The minimum absolute atomic E-state index is 0.0416. The second-order valence-corrected chi connectivity index (χ2v) is 16.2. The van der Waals surface area contributed by atoms with E-state index in [4.69, 9.17) is 9.47 Å². The number of allylic oxidation sites excluding steroid dienone is 1. The van der Waals surface area contributed by atoms with Gasteiger partial charge in [-0.15, -0.1) is 0 Å². The van der Waals surface area contributed by atoms with E-state index in [0.717, 1.165) is 6.42 Å². The lowest BCUT2D eigenvalue weighted by atomic mass is 9.85. The predicted molar refractivity (Wildman–Crippen MR) is 183 cm³/mol. The molecule has 14 nitrogen and oxygen atoms in total. The van der Waals surface area contributed by atoms with Gasteiger partial charge in [-0.25, -0.2) is 22.6 Å². The molecule has 2 aliphatic heterocycles. The third kappa shape index (κ3) is 7.60. The molecule has 2 saturated carbocycles. The first-order valence-electron chi connectivity index (χ1n) is 17.4. The number of halogens is 1. The Labute approximate surface area is 295 Å². The van der Waals surface area contributed by atoms with E-state index in [9.17, 15) is 37.1 Å². The van der Waals surface area contributed by atoms with Crippen molar-refractivity contribution in [2.24, 2.45) is 17.8 Å². The van der Waals surface area contributed by atoms with Crippen molar-refractivity contribution in [1.82, 2.24) is 25.2 Å². The number of aromatic nitrogens is 1. The van der Waals surface area contributed by atoms with Crippen molar-refractivity contribution >= 4 is 44.6 Å². The van der Waals surface area contributed by atoms with Crippen molar-refractivity contribution in [3.8, 4) is 11.6 Å². The van der Waals surface area contributed by atoms with Crippen molar-refractivity contribution in [2.75, 3.05) is 13.7 Å². The molecular formula is C35H44FN5O9S. The molecule has 276 valence electrons. The topological polar surface area (TPSA) is 193 Å². The van der Waals surface area contributed by atoms with Gasteiger partial charge in [0.15, 0.2) is 0 Å². The van der Waals surface area contributed by atoms with Crippen molar-refractivity contribution in [3.05, 3.63) is 42.4 Å². The molecular weight excluding hydrogens is 685 g/mol. The number of benzene rings is 1. The van der Waals surface area contributed by atoms with Gasteiger partial charge in [-0.05, 0) is 68.6 Å². The average molecular weight is 730 g/mol. The Balaban J connectivity index is 1.36. The maximum absolute atomic E-state index is 14.4. The van der Waals surface area contributed by atoms with Crippen LogP contribution in [0.2, 0.25) is 0 Å². The molecule has 1 aromatic heterocycles. The normalized spacial score (nSPS) is 30.5. The Hall–Kier alpha value is -4.47. The first-order chi connectivity index (χ1) is 24.3. The first-order valence-corrected chi connectivity index (χ1v) is 18.9. The summed E-state index contributed by atoms with van der Waals surface area (Å²) in [5.74, 6) is -3.08. The Morgan fingerprint density at radius 2 is 1.94 bits per heavy atom. The maximum atomic E-state index is 14.4. The highest BCUT2D eigenvalue weighted by atomic mass is 32.2. The number of hydrogen-bond donors (Lipinski definition) is 4. The molecule has 0 bridgehead atoms. The number of nitrogens with one attached hydrogen (secondary N) is 3. The molecule has 16 heteroatoms. The molecule has 51 heavy (non-hydrogen) atoms. The highest BCUT2D eigenvalue weighted by Gasteiger charge is 2.62. The van der Waals surface area contributed by atoms with Crippen molar-refractivity contribution in [2.45, 2.75) is 94.2 Å². The average Bonchev–Trinajstić information content (AvgIpc) is 4.01. The monoisotopic (exact) mass is 729 g/mol. The number of amides is 4. The van der Waals surface area contributed by atoms with E-state index in [-0.39, 0.29) is 31.2 Å². The fourth-order valence-electron chi connectivity index (χ4n) is 7.43. The Kier molecular flexibility index (Phi) is 10.2. The highest BCUT2D eigenvalue weighted by Crippen LogP contribution is 2.46. The zero-order valence-corrected chi connectivity index (χ0v) is 29.6. The summed E-state index contributed by atoms with van der Waals surface area (Å²) in [6.45, 7) is 3.75. The molecule has 0 radical (unpaired) electrons. The van der Waals surface area contributed by atoms with Crippen molar-refractivity contribution < 1.29 is 46.6 Å². The van der Waals surface area contributed by atoms with Crippen LogP contribution >= 0.6 is 0 Å². The molecule has 3 heterocycles. The largest absolute Gasteiger partial charge is 0.494 e. The molecule has 2 aromatic rings. The fourth-order valence-corrected chi connectivity index (χ4v) is 8.79. The van der Waals surface area contributed by atoms with Crippen LogP contribution in [0.4, 0.5) is 9.18 Å². The molecule has 7 atom stereocenters. The Morgan fingerprint density at radius 1 is 1.18 bits per heavy atom. The molecule has 1 saturated heterocycles. The number of fused-ring (bicyclic) bond motifs is 3. The SMILES string of the molecule is CC[C@@H]1C[C@@H](C)CC/C=C\[C@@H]2C[C@@]2(C(=O)NS(=O)(=O)C2CC2)NC(=O)[C@@H]2C[C@@H](Oc3ncc(OC)c4ccc(F)cc34)CN2C(=O)[C@H]1NC(=O)O. The second-order valence-electron chi connectivity index (χ2n) is 14.2. The number of hydrogen-bond acceptors (Lipinski definition) is 9. The van der Waals surface area contributed by atoms with E-state index in [1.807, 2.05) is 26.0 Å². The summed E-state index contributed by atoms with van der Waals surface area (Å²) in [6, 6.07) is 1.62. The van der Waals surface area contributed by atoms with E-state index in [0.29, 0.717) is 48.6 Å². The van der Waals surface area contributed by atoms with Crippen LogP contribution in [-0.4, -0.2) is 89.9 Å². The predicted octanol–water partition coefficient (Wildman–Crippen LogP) is 3.25. The van der Waals surface area contributed by atoms with Crippen LogP contribution in [0.15, 0.2) is 36.5 Å². The minimum atomic E-state index is -3.93. The van der Waals surface area contributed by atoms with Gasteiger partial charge in [-0.2, -0.15) is 0 Å². The molecule has 0 spiro atoms. The number of methoxy groups -OCH3 is 1. The van der Waals surface area contributed by atoms with Gasteiger partial charge in [0.1, 0.15) is 35.3 Å². The first kappa shape index (κ1) is 36.3. The molecule has 1 aromatic carbocycles. The number of carboxylic acid groups (broad SMARTS) is 1. The van der Waals surface area contributed by atoms with Crippen LogP contribution in [0.3, 0.4) is 0 Å². The zero-order chi connectivity index (χ0) is 36.7. The van der Waals surface area contributed by atoms with Gasteiger partial charge < -0.3 is 30.1 Å². The molecule has 4 amide bonds.